The highest BCUT2D eigenvalue weighted by molar-refractivity contribution is 6.40. The molecule has 2 heterocycles. The van der Waals surface area contributed by atoms with Crippen LogP contribution in [0.3, 0.4) is 0 Å². The lowest BCUT2D eigenvalue weighted by Crippen LogP contribution is -2.16. The topological polar surface area (TPSA) is 39.1 Å². The highest BCUT2D eigenvalue weighted by atomic mass is 16.1. The van der Waals surface area contributed by atoms with E-state index >= 15 is 0 Å². The summed E-state index contributed by atoms with van der Waals surface area (Å²) in [6, 6.07) is 19.4. The first kappa shape index (κ1) is 15.1. The van der Waals surface area contributed by atoms with E-state index in [1.165, 1.54) is 6.08 Å². The predicted molar refractivity (Wildman–Crippen MR) is 101 cm³/mol. The zero-order valence-electron chi connectivity index (χ0n) is 14.2. The van der Waals surface area contributed by atoms with Crippen molar-refractivity contribution in [2.24, 2.45) is 0 Å². The Morgan fingerprint density at radius 1 is 0.769 bits per heavy atom. The van der Waals surface area contributed by atoms with Gasteiger partial charge in [0.2, 0.25) is 0 Å². The molecule has 1 aliphatic carbocycles. The zero-order valence-corrected chi connectivity index (χ0v) is 14.2. The minimum Gasteiger partial charge on any atom is -0.343 e. The zero-order chi connectivity index (χ0) is 17.7. The first-order valence-electron chi connectivity index (χ1n) is 8.92. The second-order valence-corrected chi connectivity index (χ2v) is 6.78. The molecule has 0 fully saturated rings. The summed E-state index contributed by atoms with van der Waals surface area (Å²) in [6.45, 7) is 0.855. The monoisotopic (exact) mass is 339 g/mol. The van der Waals surface area contributed by atoms with Crippen molar-refractivity contribution in [1.82, 2.24) is 4.57 Å². The molecule has 3 nitrogen and oxygen atoms in total. The summed E-state index contributed by atoms with van der Waals surface area (Å²) in [5, 5.41) is 0. The Morgan fingerprint density at radius 2 is 1.42 bits per heavy atom. The summed E-state index contributed by atoms with van der Waals surface area (Å²) >= 11 is 0. The Bertz CT molecular complexity index is 1070. The van der Waals surface area contributed by atoms with Gasteiger partial charge in [0.25, 0.3) is 0 Å². The van der Waals surface area contributed by atoms with Crippen LogP contribution in [0, 0.1) is 0 Å². The number of aromatic nitrogens is 1. The number of hydrogen-bond donors (Lipinski definition) is 0. The SMILES string of the molecule is O=C1C(c2ccccc2)=CC(=O)c2c1c1n(c2-c2ccccc2)CCC1. The van der Waals surface area contributed by atoms with Gasteiger partial charge in [0.1, 0.15) is 0 Å². The van der Waals surface area contributed by atoms with Crippen LogP contribution in [0.25, 0.3) is 16.8 Å². The van der Waals surface area contributed by atoms with Crippen LogP contribution in [-0.4, -0.2) is 16.1 Å². The van der Waals surface area contributed by atoms with Gasteiger partial charge in [-0.25, -0.2) is 0 Å². The maximum absolute atomic E-state index is 13.3. The highest BCUT2D eigenvalue weighted by Crippen LogP contribution is 2.41. The fourth-order valence-electron chi connectivity index (χ4n) is 4.20. The van der Waals surface area contributed by atoms with Crippen LogP contribution in [0.5, 0.6) is 0 Å². The van der Waals surface area contributed by atoms with Crippen LogP contribution in [0.2, 0.25) is 0 Å². The summed E-state index contributed by atoms with van der Waals surface area (Å²) in [4.78, 5) is 26.4. The van der Waals surface area contributed by atoms with Crippen molar-refractivity contribution < 1.29 is 9.59 Å². The van der Waals surface area contributed by atoms with Crippen LogP contribution in [0.4, 0.5) is 0 Å². The van der Waals surface area contributed by atoms with Crippen molar-refractivity contribution in [2.75, 3.05) is 0 Å². The highest BCUT2D eigenvalue weighted by Gasteiger charge is 2.37. The molecular weight excluding hydrogens is 322 g/mol. The maximum atomic E-state index is 13.3. The molecule has 2 aromatic carbocycles. The van der Waals surface area contributed by atoms with E-state index in [-0.39, 0.29) is 11.6 Å². The molecule has 0 N–H and O–H groups in total. The van der Waals surface area contributed by atoms with E-state index in [1.54, 1.807) is 0 Å². The quantitative estimate of drug-likeness (QED) is 0.686. The molecule has 26 heavy (non-hydrogen) atoms. The van der Waals surface area contributed by atoms with Gasteiger partial charge in [-0.05, 0) is 30.0 Å². The molecule has 0 atom stereocenters. The minimum absolute atomic E-state index is 0.0290. The number of rotatable bonds is 2. The number of allylic oxidation sites excluding steroid dienone is 2. The molecule has 3 heteroatoms. The van der Waals surface area contributed by atoms with Gasteiger partial charge in [-0.1, -0.05) is 60.7 Å². The number of carbonyl (C=O) groups excluding carboxylic acids is 2. The summed E-state index contributed by atoms with van der Waals surface area (Å²) in [6.07, 6.45) is 3.37. The molecule has 0 spiro atoms. The second-order valence-electron chi connectivity index (χ2n) is 6.78. The molecule has 0 saturated heterocycles. The fraction of sp³-hybridized carbons (Fsp3) is 0.130. The molecule has 126 valence electrons. The molecule has 3 aromatic rings. The number of carbonyl (C=O) groups is 2. The largest absolute Gasteiger partial charge is 0.343 e. The lowest BCUT2D eigenvalue weighted by molar-refractivity contribution is 0.100. The van der Waals surface area contributed by atoms with Gasteiger partial charge >= 0.3 is 0 Å². The maximum Gasteiger partial charge on any atom is 0.196 e. The Balaban J connectivity index is 1.76. The molecule has 0 radical (unpaired) electrons. The second kappa shape index (κ2) is 5.67. The molecule has 0 amide bonds. The van der Waals surface area contributed by atoms with Crippen molar-refractivity contribution in [1.29, 1.82) is 0 Å². The van der Waals surface area contributed by atoms with Gasteiger partial charge in [0.15, 0.2) is 11.6 Å². The average Bonchev–Trinajstić information content (AvgIpc) is 3.26. The predicted octanol–water partition coefficient (Wildman–Crippen LogP) is 4.56. The smallest absolute Gasteiger partial charge is 0.196 e. The van der Waals surface area contributed by atoms with E-state index in [1.807, 2.05) is 60.7 Å². The third-order valence-corrected chi connectivity index (χ3v) is 5.29. The number of hydrogen-bond acceptors (Lipinski definition) is 2. The van der Waals surface area contributed by atoms with Crippen molar-refractivity contribution in [3.8, 4) is 11.3 Å². The normalized spacial score (nSPS) is 15.6. The molecule has 0 saturated carbocycles. The lowest BCUT2D eigenvalue weighted by Gasteiger charge is -2.15. The van der Waals surface area contributed by atoms with E-state index in [0.29, 0.717) is 16.7 Å². The minimum atomic E-state index is -0.0702. The van der Waals surface area contributed by atoms with Gasteiger partial charge in [-0.15, -0.1) is 0 Å². The molecule has 5 rings (SSSR count). The molecule has 1 aromatic heterocycles. The molecular formula is C23H17NO2. The van der Waals surface area contributed by atoms with Crippen molar-refractivity contribution in [3.63, 3.8) is 0 Å². The van der Waals surface area contributed by atoms with Crippen molar-refractivity contribution in [2.45, 2.75) is 19.4 Å². The molecule has 0 unspecified atom stereocenters. The summed E-state index contributed by atoms with van der Waals surface area (Å²) in [7, 11) is 0. The van der Waals surface area contributed by atoms with Crippen LogP contribution in [0.15, 0.2) is 66.7 Å². The van der Waals surface area contributed by atoms with Crippen LogP contribution >= 0.6 is 0 Å². The van der Waals surface area contributed by atoms with Crippen molar-refractivity contribution >= 4 is 17.1 Å². The molecule has 0 bridgehead atoms. The summed E-state index contributed by atoms with van der Waals surface area (Å²) < 4.78 is 2.18. The Labute approximate surface area is 151 Å². The third-order valence-electron chi connectivity index (χ3n) is 5.29. The van der Waals surface area contributed by atoms with Gasteiger partial charge < -0.3 is 4.57 Å². The van der Waals surface area contributed by atoms with Gasteiger partial charge in [-0.2, -0.15) is 0 Å². The van der Waals surface area contributed by atoms with Crippen molar-refractivity contribution in [3.05, 3.63) is 89.1 Å². The summed E-state index contributed by atoms with van der Waals surface area (Å²) in [5.41, 5.74) is 5.41. The van der Waals surface area contributed by atoms with E-state index < -0.39 is 0 Å². The van der Waals surface area contributed by atoms with Gasteiger partial charge in [0, 0.05) is 17.8 Å². The Hall–Kier alpha value is -3.20. The first-order chi connectivity index (χ1) is 12.8. The first-order valence-corrected chi connectivity index (χ1v) is 8.92. The third kappa shape index (κ3) is 2.07. The molecule has 1 aliphatic heterocycles. The number of Topliss-reactive ketones (excluding diaryl/α,β-unsaturated/α-hetero) is 1. The van der Waals surface area contributed by atoms with Gasteiger partial charge in [0.05, 0.1) is 16.8 Å². The van der Waals surface area contributed by atoms with Crippen LogP contribution in [-0.2, 0) is 13.0 Å². The lowest BCUT2D eigenvalue weighted by atomic mass is 9.85. The van der Waals surface area contributed by atoms with E-state index in [4.69, 9.17) is 0 Å². The van der Waals surface area contributed by atoms with Crippen LogP contribution < -0.4 is 0 Å². The van der Waals surface area contributed by atoms with E-state index in [2.05, 4.69) is 4.57 Å². The Kier molecular flexibility index (Phi) is 3.29. The fourth-order valence-corrected chi connectivity index (χ4v) is 4.20. The number of nitrogens with zero attached hydrogens (tertiary/aromatic N) is 1. The average molecular weight is 339 g/mol. The Morgan fingerprint density at radius 3 is 2.12 bits per heavy atom. The van der Waals surface area contributed by atoms with E-state index in [0.717, 1.165) is 41.9 Å². The van der Waals surface area contributed by atoms with E-state index in [9.17, 15) is 9.59 Å². The standard InChI is InChI=1S/C23H17NO2/c25-19-14-17(15-8-3-1-4-9-15)23(26)20-18-12-7-13-24(18)22(21(19)20)16-10-5-2-6-11-16/h1-6,8-11,14H,7,12-13H2. The number of ketones is 2. The number of fused-ring (bicyclic) bond motifs is 3. The number of benzene rings is 2. The molecule has 2 aliphatic rings. The summed E-state index contributed by atoms with van der Waals surface area (Å²) in [5.74, 6) is -0.0992. The van der Waals surface area contributed by atoms with Gasteiger partial charge in [-0.3, -0.25) is 9.59 Å². The van der Waals surface area contributed by atoms with Crippen LogP contribution in [0.1, 0.15) is 38.4 Å².